The van der Waals surface area contributed by atoms with Gasteiger partial charge >= 0.3 is 0 Å². The quantitative estimate of drug-likeness (QED) is 0.644. The second-order valence-corrected chi connectivity index (χ2v) is 4.74. The zero-order valence-corrected chi connectivity index (χ0v) is 8.54. The maximum atomic E-state index is 5.76. The Morgan fingerprint density at radius 2 is 1.36 bits per heavy atom. The Bertz CT molecular complexity index is 189. The molecule has 3 heterocycles. The third-order valence-corrected chi connectivity index (χ3v) is 3.67. The van der Waals surface area contributed by atoms with Crippen molar-refractivity contribution in [1.29, 1.82) is 0 Å². The third kappa shape index (κ3) is 1.38. The Morgan fingerprint density at radius 1 is 0.786 bits per heavy atom. The molecule has 0 aromatic heterocycles. The van der Waals surface area contributed by atoms with Gasteiger partial charge in [-0.3, -0.25) is 0 Å². The van der Waals surface area contributed by atoms with E-state index in [1.807, 2.05) is 0 Å². The monoisotopic (exact) mass is 198 g/mol. The molecule has 1 saturated carbocycles. The fraction of sp³-hybridized carbons (Fsp3) is 1.00. The van der Waals surface area contributed by atoms with Crippen LogP contribution in [0, 0.1) is 11.8 Å². The van der Waals surface area contributed by atoms with E-state index in [-0.39, 0.29) is 0 Å². The average molecular weight is 198 g/mol. The molecule has 4 fully saturated rings. The zero-order chi connectivity index (χ0) is 9.43. The summed E-state index contributed by atoms with van der Waals surface area (Å²) < 4.78 is 17.3. The Balaban J connectivity index is 1.73. The molecule has 0 aromatic carbocycles. The first-order valence-corrected chi connectivity index (χ1v) is 5.81. The summed E-state index contributed by atoms with van der Waals surface area (Å²) >= 11 is 0. The van der Waals surface area contributed by atoms with Crippen LogP contribution in [0.5, 0.6) is 0 Å². The predicted molar refractivity (Wildman–Crippen MR) is 50.7 cm³/mol. The average Bonchev–Trinajstić information content (AvgIpc) is 2.33. The van der Waals surface area contributed by atoms with Crippen molar-refractivity contribution in [3.8, 4) is 0 Å². The van der Waals surface area contributed by atoms with Crippen LogP contribution in [0.4, 0.5) is 0 Å². The van der Waals surface area contributed by atoms with Crippen molar-refractivity contribution in [2.45, 2.75) is 38.1 Å². The lowest BCUT2D eigenvalue weighted by molar-refractivity contribution is -0.469. The van der Waals surface area contributed by atoms with Gasteiger partial charge in [-0.2, -0.15) is 0 Å². The standard InChI is InChI=1S/C11H18O3/c1-2-4-10(5-3-1)11-12-6-9(7-13-11)8-14-11/h9-10H,1-8H2. The van der Waals surface area contributed by atoms with Crippen molar-refractivity contribution in [2.75, 3.05) is 19.8 Å². The minimum absolute atomic E-state index is 0.470. The predicted octanol–water partition coefficient (Wildman–Crippen LogP) is 1.91. The Kier molecular flexibility index (Phi) is 2.26. The van der Waals surface area contributed by atoms with Gasteiger partial charge < -0.3 is 14.2 Å². The lowest BCUT2D eigenvalue weighted by Crippen LogP contribution is -2.58. The van der Waals surface area contributed by atoms with Crippen LogP contribution < -0.4 is 0 Å². The SMILES string of the molecule is C1CCC(C23OCC(CO2)CO3)CC1. The second kappa shape index (κ2) is 3.47. The van der Waals surface area contributed by atoms with E-state index in [1.165, 1.54) is 32.1 Å². The molecular weight excluding hydrogens is 180 g/mol. The molecule has 3 aliphatic heterocycles. The van der Waals surface area contributed by atoms with E-state index >= 15 is 0 Å². The van der Waals surface area contributed by atoms with Gasteiger partial charge in [-0.05, 0) is 12.8 Å². The maximum Gasteiger partial charge on any atom is 0.285 e. The molecule has 4 aliphatic rings. The summed E-state index contributed by atoms with van der Waals surface area (Å²) in [6.07, 6.45) is 6.35. The van der Waals surface area contributed by atoms with Gasteiger partial charge in [0.1, 0.15) is 0 Å². The van der Waals surface area contributed by atoms with Crippen LogP contribution >= 0.6 is 0 Å². The lowest BCUT2D eigenvalue weighted by atomic mass is 9.86. The highest BCUT2D eigenvalue weighted by molar-refractivity contribution is 4.82. The molecule has 0 atom stereocenters. The highest BCUT2D eigenvalue weighted by Gasteiger charge is 2.50. The number of hydrogen-bond donors (Lipinski definition) is 0. The molecule has 0 spiro atoms. The normalized spacial score (nSPS) is 44.1. The van der Waals surface area contributed by atoms with Crippen LogP contribution in [0.25, 0.3) is 0 Å². The largest absolute Gasteiger partial charge is 0.327 e. The Morgan fingerprint density at radius 3 is 1.93 bits per heavy atom. The molecule has 0 unspecified atom stereocenters. The number of rotatable bonds is 1. The smallest absolute Gasteiger partial charge is 0.285 e. The Labute approximate surface area is 84.7 Å². The molecule has 4 rings (SSSR count). The zero-order valence-electron chi connectivity index (χ0n) is 8.54. The van der Waals surface area contributed by atoms with E-state index in [9.17, 15) is 0 Å². The van der Waals surface area contributed by atoms with E-state index in [1.54, 1.807) is 0 Å². The van der Waals surface area contributed by atoms with E-state index in [2.05, 4.69) is 0 Å². The van der Waals surface area contributed by atoms with Gasteiger partial charge in [-0.15, -0.1) is 0 Å². The van der Waals surface area contributed by atoms with Crippen molar-refractivity contribution in [3.63, 3.8) is 0 Å². The molecule has 1 aliphatic carbocycles. The topological polar surface area (TPSA) is 27.7 Å². The minimum Gasteiger partial charge on any atom is -0.327 e. The summed E-state index contributed by atoms with van der Waals surface area (Å²) in [6, 6.07) is 0. The summed E-state index contributed by atoms with van der Waals surface area (Å²) in [5.74, 6) is 0.299. The molecule has 3 saturated heterocycles. The molecule has 0 aromatic rings. The van der Waals surface area contributed by atoms with Crippen molar-refractivity contribution >= 4 is 0 Å². The summed E-state index contributed by atoms with van der Waals surface area (Å²) in [6.45, 7) is 2.49. The number of ether oxygens (including phenoxy) is 3. The molecule has 2 bridgehead atoms. The molecule has 14 heavy (non-hydrogen) atoms. The van der Waals surface area contributed by atoms with E-state index in [0.717, 1.165) is 19.8 Å². The second-order valence-electron chi connectivity index (χ2n) is 4.74. The highest BCUT2D eigenvalue weighted by Crippen LogP contribution is 2.42. The van der Waals surface area contributed by atoms with E-state index in [4.69, 9.17) is 14.2 Å². The first-order chi connectivity index (χ1) is 6.89. The van der Waals surface area contributed by atoms with Crippen molar-refractivity contribution in [3.05, 3.63) is 0 Å². The third-order valence-electron chi connectivity index (χ3n) is 3.67. The maximum absolute atomic E-state index is 5.76. The van der Waals surface area contributed by atoms with Gasteiger partial charge in [-0.25, -0.2) is 0 Å². The van der Waals surface area contributed by atoms with Gasteiger partial charge in [0, 0.05) is 11.8 Å². The molecule has 0 amide bonds. The molecular formula is C11H18O3. The van der Waals surface area contributed by atoms with Gasteiger partial charge in [0.2, 0.25) is 0 Å². The fourth-order valence-electron chi connectivity index (χ4n) is 2.78. The van der Waals surface area contributed by atoms with Crippen LogP contribution in [-0.4, -0.2) is 25.8 Å². The van der Waals surface area contributed by atoms with Crippen LogP contribution in [-0.2, 0) is 14.2 Å². The summed E-state index contributed by atoms with van der Waals surface area (Å²) in [7, 11) is 0. The fourth-order valence-corrected chi connectivity index (χ4v) is 2.78. The van der Waals surface area contributed by atoms with Crippen molar-refractivity contribution < 1.29 is 14.2 Å². The summed E-state index contributed by atoms with van der Waals surface area (Å²) in [5.41, 5.74) is 0. The van der Waals surface area contributed by atoms with Crippen LogP contribution in [0.15, 0.2) is 0 Å². The van der Waals surface area contributed by atoms with Crippen LogP contribution in [0.1, 0.15) is 32.1 Å². The first kappa shape index (κ1) is 9.13. The minimum atomic E-state index is -0.644. The first-order valence-electron chi connectivity index (χ1n) is 5.81. The molecule has 3 heteroatoms. The van der Waals surface area contributed by atoms with Crippen molar-refractivity contribution in [2.24, 2.45) is 11.8 Å². The van der Waals surface area contributed by atoms with Gasteiger partial charge in [0.05, 0.1) is 19.8 Å². The van der Waals surface area contributed by atoms with Crippen LogP contribution in [0.3, 0.4) is 0 Å². The summed E-state index contributed by atoms with van der Waals surface area (Å²) in [4.78, 5) is 0. The highest BCUT2D eigenvalue weighted by atomic mass is 16.9. The van der Waals surface area contributed by atoms with Gasteiger partial charge in [-0.1, -0.05) is 19.3 Å². The number of hydrogen-bond acceptors (Lipinski definition) is 3. The van der Waals surface area contributed by atoms with Gasteiger partial charge in [0.25, 0.3) is 5.97 Å². The summed E-state index contributed by atoms with van der Waals surface area (Å²) in [5, 5.41) is 0. The molecule has 0 radical (unpaired) electrons. The van der Waals surface area contributed by atoms with Crippen LogP contribution in [0.2, 0.25) is 0 Å². The van der Waals surface area contributed by atoms with E-state index < -0.39 is 5.97 Å². The van der Waals surface area contributed by atoms with Crippen molar-refractivity contribution in [1.82, 2.24) is 0 Å². The van der Waals surface area contributed by atoms with E-state index in [0.29, 0.717) is 11.8 Å². The Hall–Kier alpha value is -0.120. The van der Waals surface area contributed by atoms with Gasteiger partial charge in [0.15, 0.2) is 0 Å². The number of fused-ring (bicyclic) bond motifs is 3. The molecule has 0 N–H and O–H groups in total. The lowest BCUT2D eigenvalue weighted by Gasteiger charge is -2.49. The molecule has 3 nitrogen and oxygen atoms in total. The molecule has 80 valence electrons.